The second kappa shape index (κ2) is 5.27. The fraction of sp³-hybridized carbons (Fsp3) is 0. The Morgan fingerprint density at radius 2 is 2.16 bits per heavy atom. The van der Waals surface area contributed by atoms with Crippen LogP contribution >= 0.6 is 27.3 Å². The Labute approximate surface area is 121 Å². The van der Waals surface area contributed by atoms with Gasteiger partial charge < -0.3 is 5.11 Å². The molecule has 2 rings (SSSR count). The summed E-state index contributed by atoms with van der Waals surface area (Å²) in [6.07, 6.45) is 2.44. The van der Waals surface area contributed by atoms with Crippen LogP contribution in [-0.4, -0.2) is 24.5 Å². The van der Waals surface area contributed by atoms with Gasteiger partial charge in [-0.15, -0.1) is 11.3 Å². The lowest BCUT2D eigenvalue weighted by molar-refractivity contribution is 0.0698. The number of carbonyl (C=O) groups is 1. The molecular formula is C10H7BrN2O4S2. The zero-order chi connectivity index (χ0) is 14.0. The van der Waals surface area contributed by atoms with Gasteiger partial charge >= 0.3 is 5.97 Å². The first-order chi connectivity index (χ1) is 8.92. The van der Waals surface area contributed by atoms with Crippen molar-refractivity contribution in [3.05, 3.63) is 39.9 Å². The first kappa shape index (κ1) is 14.0. The Morgan fingerprint density at radius 1 is 1.42 bits per heavy atom. The van der Waals surface area contributed by atoms with E-state index in [1.807, 2.05) is 0 Å². The molecule has 0 aliphatic rings. The molecule has 0 amide bonds. The van der Waals surface area contributed by atoms with Crippen LogP contribution in [0.1, 0.15) is 10.4 Å². The van der Waals surface area contributed by atoms with Gasteiger partial charge in [0.15, 0.2) is 4.21 Å². The van der Waals surface area contributed by atoms with Crippen LogP contribution in [0, 0.1) is 0 Å². The van der Waals surface area contributed by atoms with Crippen LogP contribution in [-0.2, 0) is 10.0 Å². The molecule has 0 unspecified atom stereocenters. The highest BCUT2D eigenvalue weighted by Crippen LogP contribution is 2.29. The molecule has 2 aromatic rings. The summed E-state index contributed by atoms with van der Waals surface area (Å²) in [5.41, 5.74) is -0.235. The SMILES string of the molecule is O=C(O)c1ccncc1NS(=O)(=O)c1sccc1Br. The van der Waals surface area contributed by atoms with Gasteiger partial charge in [0.05, 0.1) is 17.4 Å². The zero-order valence-electron chi connectivity index (χ0n) is 9.20. The van der Waals surface area contributed by atoms with Crippen molar-refractivity contribution in [2.45, 2.75) is 4.21 Å². The number of hydrogen-bond acceptors (Lipinski definition) is 5. The molecule has 0 bridgehead atoms. The third-order valence-electron chi connectivity index (χ3n) is 2.12. The van der Waals surface area contributed by atoms with Crippen molar-refractivity contribution in [2.75, 3.05) is 4.72 Å². The van der Waals surface area contributed by atoms with Crippen LogP contribution in [0.2, 0.25) is 0 Å². The van der Waals surface area contributed by atoms with Crippen LogP contribution in [0.3, 0.4) is 0 Å². The van der Waals surface area contributed by atoms with E-state index in [1.165, 1.54) is 12.3 Å². The van der Waals surface area contributed by atoms with E-state index in [2.05, 4.69) is 25.6 Å². The van der Waals surface area contributed by atoms with Gasteiger partial charge in [-0.05, 0) is 33.4 Å². The fourth-order valence-corrected chi connectivity index (χ4v) is 4.73. The first-order valence-electron chi connectivity index (χ1n) is 4.85. The molecule has 0 aliphatic heterocycles. The van der Waals surface area contributed by atoms with Gasteiger partial charge in [-0.1, -0.05) is 0 Å². The molecule has 9 heteroatoms. The maximum atomic E-state index is 12.1. The first-order valence-corrected chi connectivity index (χ1v) is 8.00. The molecule has 6 nitrogen and oxygen atoms in total. The lowest BCUT2D eigenvalue weighted by Crippen LogP contribution is -2.15. The number of aromatic carboxylic acids is 1. The lowest BCUT2D eigenvalue weighted by Gasteiger charge is -2.08. The standard InChI is InChI=1S/C10H7BrN2O4S2/c11-7-2-4-18-10(7)19(16,17)13-8-5-12-3-1-6(8)9(14)15/h1-5,13H,(H,14,15). The van der Waals surface area contributed by atoms with Crippen LogP contribution in [0.25, 0.3) is 0 Å². The number of pyridine rings is 1. The molecule has 0 saturated heterocycles. The van der Waals surface area contributed by atoms with Crippen molar-refractivity contribution < 1.29 is 18.3 Å². The van der Waals surface area contributed by atoms with Crippen molar-refractivity contribution in [1.82, 2.24) is 4.98 Å². The van der Waals surface area contributed by atoms with Gasteiger partial charge in [0.2, 0.25) is 0 Å². The minimum atomic E-state index is -3.84. The van der Waals surface area contributed by atoms with Crippen LogP contribution in [0.4, 0.5) is 5.69 Å². The predicted molar refractivity (Wildman–Crippen MR) is 74.0 cm³/mol. The molecule has 0 radical (unpaired) electrons. The van der Waals surface area contributed by atoms with Gasteiger partial charge in [-0.3, -0.25) is 9.71 Å². The number of hydrogen-bond donors (Lipinski definition) is 2. The maximum Gasteiger partial charge on any atom is 0.337 e. The van der Waals surface area contributed by atoms with Gasteiger partial charge in [0.25, 0.3) is 10.0 Å². The Balaban J connectivity index is 2.42. The summed E-state index contributed by atoms with van der Waals surface area (Å²) in [7, 11) is -3.84. The highest BCUT2D eigenvalue weighted by molar-refractivity contribution is 9.10. The molecule has 0 fully saturated rings. The molecule has 2 N–H and O–H groups in total. The molecule has 0 atom stereocenters. The second-order valence-corrected chi connectivity index (χ2v) is 7.04. The number of nitrogens with zero attached hydrogens (tertiary/aromatic N) is 1. The fourth-order valence-electron chi connectivity index (χ4n) is 1.32. The lowest BCUT2D eigenvalue weighted by atomic mass is 10.2. The summed E-state index contributed by atoms with van der Waals surface area (Å²) in [5.74, 6) is -1.23. The minimum Gasteiger partial charge on any atom is -0.478 e. The number of halogens is 1. The third-order valence-corrected chi connectivity index (χ3v) is 6.16. The molecule has 0 aromatic carbocycles. The number of carboxylic acids is 1. The largest absolute Gasteiger partial charge is 0.478 e. The van der Waals surface area contributed by atoms with E-state index in [0.717, 1.165) is 17.5 Å². The number of aromatic nitrogens is 1. The molecule has 2 aromatic heterocycles. The normalized spacial score (nSPS) is 11.2. The predicted octanol–water partition coefficient (Wildman–Crippen LogP) is 2.40. The number of carboxylic acid groups (broad SMARTS) is 1. The van der Waals surface area contributed by atoms with Crippen molar-refractivity contribution in [2.24, 2.45) is 0 Å². The number of nitrogens with one attached hydrogen (secondary N) is 1. The smallest absolute Gasteiger partial charge is 0.337 e. The quantitative estimate of drug-likeness (QED) is 0.870. The van der Waals surface area contributed by atoms with Gasteiger partial charge in [0.1, 0.15) is 0 Å². The Bertz CT molecular complexity index is 727. The monoisotopic (exact) mass is 362 g/mol. The van der Waals surface area contributed by atoms with Crippen LogP contribution in [0.5, 0.6) is 0 Å². The molecule has 0 saturated carbocycles. The van der Waals surface area contributed by atoms with Gasteiger partial charge in [0, 0.05) is 10.7 Å². The Hall–Kier alpha value is -1.45. The summed E-state index contributed by atoms with van der Waals surface area (Å²) in [6.45, 7) is 0. The number of thiophene rings is 1. The topological polar surface area (TPSA) is 96.4 Å². The maximum absolute atomic E-state index is 12.1. The highest BCUT2D eigenvalue weighted by atomic mass is 79.9. The summed E-state index contributed by atoms with van der Waals surface area (Å²) < 4.78 is 26.9. The molecule has 0 aliphatic carbocycles. The Kier molecular flexibility index (Phi) is 3.88. The van der Waals surface area contributed by atoms with E-state index in [1.54, 1.807) is 11.4 Å². The van der Waals surface area contributed by atoms with Crippen molar-refractivity contribution >= 4 is 48.9 Å². The van der Waals surface area contributed by atoms with Crippen molar-refractivity contribution in [3.8, 4) is 0 Å². The van der Waals surface area contributed by atoms with Crippen molar-refractivity contribution in [1.29, 1.82) is 0 Å². The van der Waals surface area contributed by atoms with E-state index in [9.17, 15) is 13.2 Å². The van der Waals surface area contributed by atoms with E-state index >= 15 is 0 Å². The summed E-state index contributed by atoms with van der Waals surface area (Å²) in [4.78, 5) is 14.7. The highest BCUT2D eigenvalue weighted by Gasteiger charge is 2.22. The third kappa shape index (κ3) is 2.94. The molecule has 2 heterocycles. The van der Waals surface area contributed by atoms with E-state index < -0.39 is 16.0 Å². The Morgan fingerprint density at radius 3 is 2.74 bits per heavy atom. The average molecular weight is 363 g/mol. The molecule has 19 heavy (non-hydrogen) atoms. The number of anilines is 1. The van der Waals surface area contributed by atoms with Gasteiger partial charge in [-0.2, -0.15) is 0 Å². The van der Waals surface area contributed by atoms with E-state index in [4.69, 9.17) is 5.11 Å². The number of rotatable bonds is 4. The van der Waals surface area contributed by atoms with Crippen molar-refractivity contribution in [3.63, 3.8) is 0 Å². The van der Waals surface area contributed by atoms with E-state index in [0.29, 0.717) is 4.47 Å². The molecular weight excluding hydrogens is 356 g/mol. The zero-order valence-corrected chi connectivity index (χ0v) is 12.4. The summed E-state index contributed by atoms with van der Waals surface area (Å²) >= 11 is 4.15. The minimum absolute atomic E-state index is 0.0738. The van der Waals surface area contributed by atoms with Gasteiger partial charge in [-0.25, -0.2) is 13.2 Å². The summed E-state index contributed by atoms with van der Waals surface area (Å²) in [5, 5.41) is 10.6. The molecule has 0 spiro atoms. The van der Waals surface area contributed by atoms with Crippen LogP contribution in [0.15, 0.2) is 38.6 Å². The molecule has 100 valence electrons. The summed E-state index contributed by atoms with van der Waals surface area (Å²) in [6, 6.07) is 2.82. The van der Waals surface area contributed by atoms with E-state index in [-0.39, 0.29) is 15.5 Å². The average Bonchev–Trinajstić information content (AvgIpc) is 2.76. The van der Waals surface area contributed by atoms with Crippen LogP contribution < -0.4 is 4.72 Å². The second-order valence-electron chi connectivity index (χ2n) is 3.39. The number of sulfonamides is 1.